The zero-order valence-electron chi connectivity index (χ0n) is 15.2. The Morgan fingerprint density at radius 3 is 2.78 bits per heavy atom. The minimum Gasteiger partial charge on any atom is -0.494 e. The predicted molar refractivity (Wildman–Crippen MR) is 103 cm³/mol. The largest absolute Gasteiger partial charge is 0.494 e. The van der Waals surface area contributed by atoms with Gasteiger partial charge in [0.1, 0.15) is 5.75 Å². The lowest BCUT2D eigenvalue weighted by atomic mass is 10.1. The van der Waals surface area contributed by atoms with Crippen LogP contribution in [0.5, 0.6) is 17.2 Å². The van der Waals surface area contributed by atoms with E-state index in [4.69, 9.17) is 18.6 Å². The molecule has 1 aliphatic rings. The van der Waals surface area contributed by atoms with Crippen LogP contribution in [-0.4, -0.2) is 29.4 Å². The summed E-state index contributed by atoms with van der Waals surface area (Å²) in [5.41, 5.74) is 3.33. The van der Waals surface area contributed by atoms with Crippen molar-refractivity contribution < 1.29 is 18.6 Å². The molecule has 0 saturated heterocycles. The number of hydrogen-bond acceptors (Lipinski definition) is 7. The van der Waals surface area contributed by atoms with Crippen molar-refractivity contribution in [3.8, 4) is 28.7 Å². The van der Waals surface area contributed by atoms with Gasteiger partial charge >= 0.3 is 0 Å². The molecule has 0 saturated carbocycles. The Labute approximate surface area is 161 Å². The lowest BCUT2D eigenvalue weighted by molar-refractivity contribution is 0.174. The van der Waals surface area contributed by atoms with E-state index in [1.54, 1.807) is 0 Å². The molecule has 6 nitrogen and oxygen atoms in total. The third-order valence-corrected chi connectivity index (χ3v) is 5.19. The smallest absolute Gasteiger partial charge is 0.276 e. The number of hydrogen-bond donors (Lipinski definition) is 0. The topological polar surface area (TPSA) is 66.6 Å². The number of nitrogens with zero attached hydrogens (tertiary/aromatic N) is 2. The van der Waals surface area contributed by atoms with Gasteiger partial charge in [0.05, 0.1) is 6.61 Å². The van der Waals surface area contributed by atoms with Gasteiger partial charge in [0, 0.05) is 11.3 Å². The first kappa shape index (κ1) is 17.7. The third-order valence-electron chi connectivity index (χ3n) is 4.29. The summed E-state index contributed by atoms with van der Waals surface area (Å²) in [4.78, 5) is 0. The van der Waals surface area contributed by atoms with Crippen molar-refractivity contribution in [1.29, 1.82) is 0 Å². The maximum Gasteiger partial charge on any atom is 0.276 e. The molecular formula is C20H20N2O4S. The van der Waals surface area contributed by atoms with Gasteiger partial charge in [0.15, 0.2) is 11.5 Å². The first-order valence-corrected chi connectivity index (χ1v) is 9.74. The SMILES string of the molecule is Cc1ccc(OCCCSc2nnc(-c3ccc4c(c3)OCO4)o2)cc1C. The molecule has 0 bridgehead atoms. The monoisotopic (exact) mass is 384 g/mol. The summed E-state index contributed by atoms with van der Waals surface area (Å²) < 4.78 is 22.2. The van der Waals surface area contributed by atoms with Gasteiger partial charge in [-0.05, 0) is 61.7 Å². The highest BCUT2D eigenvalue weighted by Gasteiger charge is 2.16. The van der Waals surface area contributed by atoms with Crippen LogP contribution in [0.3, 0.4) is 0 Å². The highest BCUT2D eigenvalue weighted by Crippen LogP contribution is 2.36. The molecule has 2 heterocycles. The van der Waals surface area contributed by atoms with E-state index in [1.165, 1.54) is 22.9 Å². The van der Waals surface area contributed by atoms with Gasteiger partial charge in [0.25, 0.3) is 5.22 Å². The van der Waals surface area contributed by atoms with Crippen molar-refractivity contribution in [2.45, 2.75) is 25.5 Å². The number of thioether (sulfide) groups is 1. The number of benzene rings is 2. The average Bonchev–Trinajstić information content (AvgIpc) is 3.33. The number of ether oxygens (including phenoxy) is 3. The minimum atomic E-state index is 0.244. The summed E-state index contributed by atoms with van der Waals surface area (Å²) in [7, 11) is 0. The molecule has 0 unspecified atom stereocenters. The molecule has 4 rings (SSSR count). The molecule has 1 aliphatic heterocycles. The highest BCUT2D eigenvalue weighted by molar-refractivity contribution is 7.99. The minimum absolute atomic E-state index is 0.244. The van der Waals surface area contributed by atoms with Crippen LogP contribution in [0.4, 0.5) is 0 Å². The van der Waals surface area contributed by atoms with E-state index >= 15 is 0 Å². The van der Waals surface area contributed by atoms with Crippen molar-refractivity contribution in [2.24, 2.45) is 0 Å². The van der Waals surface area contributed by atoms with Gasteiger partial charge in [-0.15, -0.1) is 10.2 Å². The Morgan fingerprint density at radius 1 is 1.00 bits per heavy atom. The quantitative estimate of drug-likeness (QED) is 0.434. The Balaban J connectivity index is 1.25. The van der Waals surface area contributed by atoms with Crippen molar-refractivity contribution in [3.05, 3.63) is 47.5 Å². The molecule has 0 spiro atoms. The molecule has 0 amide bonds. The second-order valence-corrected chi connectivity index (χ2v) is 7.28. The van der Waals surface area contributed by atoms with Crippen LogP contribution >= 0.6 is 11.8 Å². The zero-order chi connectivity index (χ0) is 18.6. The van der Waals surface area contributed by atoms with E-state index in [0.717, 1.165) is 29.2 Å². The van der Waals surface area contributed by atoms with Crippen molar-refractivity contribution in [2.75, 3.05) is 19.2 Å². The lowest BCUT2D eigenvalue weighted by Crippen LogP contribution is -1.99. The predicted octanol–water partition coefficient (Wildman–Crippen LogP) is 4.64. The molecule has 0 N–H and O–H groups in total. The van der Waals surface area contributed by atoms with E-state index in [1.807, 2.05) is 24.3 Å². The molecule has 0 radical (unpaired) electrons. The number of aryl methyl sites for hydroxylation is 2. The summed E-state index contributed by atoms with van der Waals surface area (Å²) in [6.45, 7) is 5.08. The van der Waals surface area contributed by atoms with Crippen LogP contribution in [0.25, 0.3) is 11.5 Å². The molecule has 140 valence electrons. The summed E-state index contributed by atoms with van der Waals surface area (Å²) in [6.07, 6.45) is 0.888. The van der Waals surface area contributed by atoms with Crippen LogP contribution in [0, 0.1) is 13.8 Å². The van der Waals surface area contributed by atoms with Gasteiger partial charge in [0.2, 0.25) is 12.7 Å². The summed E-state index contributed by atoms with van der Waals surface area (Å²) in [5, 5.41) is 8.76. The molecule has 2 aromatic carbocycles. The molecule has 1 aromatic heterocycles. The van der Waals surface area contributed by atoms with E-state index in [2.05, 4.69) is 36.2 Å². The second kappa shape index (κ2) is 7.92. The van der Waals surface area contributed by atoms with Crippen molar-refractivity contribution in [3.63, 3.8) is 0 Å². The van der Waals surface area contributed by atoms with Gasteiger partial charge < -0.3 is 18.6 Å². The summed E-state index contributed by atoms with van der Waals surface area (Å²) >= 11 is 1.53. The maximum atomic E-state index is 5.79. The summed E-state index contributed by atoms with van der Waals surface area (Å²) in [5.74, 6) is 3.65. The first-order chi connectivity index (χ1) is 13.2. The Kier molecular flexibility index (Phi) is 5.20. The highest BCUT2D eigenvalue weighted by atomic mass is 32.2. The fraction of sp³-hybridized carbons (Fsp3) is 0.300. The summed E-state index contributed by atoms with van der Waals surface area (Å²) in [6, 6.07) is 11.7. The lowest BCUT2D eigenvalue weighted by Gasteiger charge is -2.07. The van der Waals surface area contributed by atoms with E-state index in [-0.39, 0.29) is 6.79 Å². The van der Waals surface area contributed by atoms with Crippen molar-refractivity contribution >= 4 is 11.8 Å². The van der Waals surface area contributed by atoms with Crippen molar-refractivity contribution in [1.82, 2.24) is 10.2 Å². The van der Waals surface area contributed by atoms with E-state index < -0.39 is 0 Å². The van der Waals surface area contributed by atoms with Crippen LogP contribution < -0.4 is 14.2 Å². The first-order valence-electron chi connectivity index (χ1n) is 8.75. The average molecular weight is 384 g/mol. The van der Waals surface area contributed by atoms with Crippen LogP contribution in [0.15, 0.2) is 46.0 Å². The van der Waals surface area contributed by atoms with Gasteiger partial charge in [-0.1, -0.05) is 17.8 Å². The van der Waals surface area contributed by atoms with E-state index in [0.29, 0.717) is 23.5 Å². The Morgan fingerprint density at radius 2 is 1.89 bits per heavy atom. The third kappa shape index (κ3) is 4.19. The van der Waals surface area contributed by atoms with Gasteiger partial charge in [-0.25, -0.2) is 0 Å². The zero-order valence-corrected chi connectivity index (χ0v) is 16.0. The fourth-order valence-electron chi connectivity index (χ4n) is 2.63. The molecular weight excluding hydrogens is 364 g/mol. The Bertz CT molecular complexity index is 941. The molecule has 3 aromatic rings. The van der Waals surface area contributed by atoms with Crippen LogP contribution in [0.2, 0.25) is 0 Å². The van der Waals surface area contributed by atoms with Crippen LogP contribution in [0.1, 0.15) is 17.5 Å². The maximum absolute atomic E-state index is 5.79. The molecule has 0 atom stereocenters. The van der Waals surface area contributed by atoms with E-state index in [9.17, 15) is 0 Å². The number of rotatable bonds is 7. The molecule has 7 heteroatoms. The number of aromatic nitrogens is 2. The van der Waals surface area contributed by atoms with Gasteiger partial charge in [-0.3, -0.25) is 0 Å². The fourth-order valence-corrected chi connectivity index (χ4v) is 3.30. The Hall–Kier alpha value is -2.67. The second-order valence-electron chi connectivity index (χ2n) is 6.24. The van der Waals surface area contributed by atoms with Gasteiger partial charge in [-0.2, -0.15) is 0 Å². The molecule has 0 fully saturated rings. The van der Waals surface area contributed by atoms with Crippen LogP contribution in [-0.2, 0) is 0 Å². The number of fused-ring (bicyclic) bond motifs is 1. The molecule has 0 aliphatic carbocycles. The normalized spacial score (nSPS) is 12.4. The standard InChI is InChI=1S/C20H20N2O4S/c1-13-4-6-16(10-14(13)2)23-8-3-9-27-20-22-21-19(26-20)15-5-7-17-18(11-15)25-12-24-17/h4-7,10-11H,3,8-9,12H2,1-2H3. The molecule has 27 heavy (non-hydrogen) atoms.